The number of amides is 1. The smallest absolute Gasteiger partial charge is 0.234 e. The van der Waals surface area contributed by atoms with Crippen molar-refractivity contribution in [2.75, 3.05) is 19.8 Å². The molecule has 6 nitrogen and oxygen atoms in total. The molecule has 100 valence electrons. The van der Waals surface area contributed by atoms with Crippen LogP contribution in [0, 0.1) is 6.92 Å². The van der Waals surface area contributed by atoms with Crippen LogP contribution in [0.1, 0.15) is 24.3 Å². The first-order valence-electron chi connectivity index (χ1n) is 6.24. The first kappa shape index (κ1) is 13.0. The van der Waals surface area contributed by atoms with E-state index in [2.05, 4.69) is 15.8 Å². The molecular formula is C12H19N3O3. The van der Waals surface area contributed by atoms with E-state index in [-0.39, 0.29) is 18.5 Å². The van der Waals surface area contributed by atoms with Crippen LogP contribution >= 0.6 is 0 Å². The van der Waals surface area contributed by atoms with E-state index in [4.69, 9.17) is 9.26 Å². The van der Waals surface area contributed by atoms with Crippen molar-refractivity contribution in [2.45, 2.75) is 32.4 Å². The Morgan fingerprint density at radius 1 is 1.50 bits per heavy atom. The standard InChI is InChI=1S/C12H19N3O3/c1-9-6-11(18-15-9)7-13-8-12(16)14-10-2-4-17-5-3-10/h6,10,13H,2-5,7-8H2,1H3,(H,14,16). The molecule has 1 aliphatic rings. The number of nitrogens with one attached hydrogen (secondary N) is 2. The second kappa shape index (κ2) is 6.51. The molecule has 1 saturated heterocycles. The minimum atomic E-state index is 0.0122. The summed E-state index contributed by atoms with van der Waals surface area (Å²) >= 11 is 0. The van der Waals surface area contributed by atoms with E-state index >= 15 is 0 Å². The SMILES string of the molecule is Cc1cc(CNCC(=O)NC2CCOCC2)on1. The first-order valence-corrected chi connectivity index (χ1v) is 6.24. The number of aromatic nitrogens is 1. The molecule has 0 spiro atoms. The minimum absolute atomic E-state index is 0.0122. The highest BCUT2D eigenvalue weighted by Gasteiger charge is 2.15. The third-order valence-electron chi connectivity index (χ3n) is 2.85. The predicted octanol–water partition coefficient (Wildman–Crippen LogP) is 0.368. The van der Waals surface area contributed by atoms with Crippen molar-refractivity contribution in [1.82, 2.24) is 15.8 Å². The van der Waals surface area contributed by atoms with Crippen LogP contribution in [-0.2, 0) is 16.1 Å². The maximum atomic E-state index is 11.6. The van der Waals surface area contributed by atoms with Crippen molar-refractivity contribution in [1.29, 1.82) is 0 Å². The van der Waals surface area contributed by atoms with E-state index in [9.17, 15) is 4.79 Å². The maximum absolute atomic E-state index is 11.6. The molecule has 1 aromatic heterocycles. The monoisotopic (exact) mass is 253 g/mol. The van der Waals surface area contributed by atoms with E-state index in [0.717, 1.165) is 37.5 Å². The highest BCUT2D eigenvalue weighted by molar-refractivity contribution is 5.78. The van der Waals surface area contributed by atoms with E-state index in [1.807, 2.05) is 13.0 Å². The van der Waals surface area contributed by atoms with E-state index < -0.39 is 0 Å². The van der Waals surface area contributed by atoms with Crippen LogP contribution in [0.4, 0.5) is 0 Å². The Morgan fingerprint density at radius 2 is 2.28 bits per heavy atom. The summed E-state index contributed by atoms with van der Waals surface area (Å²) in [5.41, 5.74) is 0.846. The Kier molecular flexibility index (Phi) is 4.72. The van der Waals surface area contributed by atoms with Crippen molar-refractivity contribution in [3.63, 3.8) is 0 Å². The molecule has 0 aromatic carbocycles. The second-order valence-electron chi connectivity index (χ2n) is 4.49. The van der Waals surface area contributed by atoms with Gasteiger partial charge < -0.3 is 19.9 Å². The molecule has 0 atom stereocenters. The van der Waals surface area contributed by atoms with Crippen molar-refractivity contribution in [3.05, 3.63) is 17.5 Å². The lowest BCUT2D eigenvalue weighted by Crippen LogP contribution is -2.42. The van der Waals surface area contributed by atoms with Gasteiger partial charge in [0.15, 0.2) is 5.76 Å². The number of hydrogen-bond acceptors (Lipinski definition) is 5. The molecule has 0 radical (unpaired) electrons. The number of aryl methyl sites for hydroxylation is 1. The van der Waals surface area contributed by atoms with Crippen molar-refractivity contribution in [3.8, 4) is 0 Å². The molecule has 0 saturated carbocycles. The molecule has 6 heteroatoms. The maximum Gasteiger partial charge on any atom is 0.234 e. The highest BCUT2D eigenvalue weighted by atomic mass is 16.5. The van der Waals surface area contributed by atoms with Gasteiger partial charge in [0.1, 0.15) is 0 Å². The fourth-order valence-electron chi connectivity index (χ4n) is 1.92. The summed E-state index contributed by atoms with van der Waals surface area (Å²) < 4.78 is 10.3. The molecule has 1 amide bonds. The van der Waals surface area contributed by atoms with Gasteiger partial charge in [0.05, 0.1) is 18.8 Å². The number of hydrogen-bond donors (Lipinski definition) is 2. The third-order valence-corrected chi connectivity index (χ3v) is 2.85. The lowest BCUT2D eigenvalue weighted by molar-refractivity contribution is -0.121. The van der Waals surface area contributed by atoms with Gasteiger partial charge in [-0.25, -0.2) is 0 Å². The van der Waals surface area contributed by atoms with Gasteiger partial charge in [0.25, 0.3) is 0 Å². The van der Waals surface area contributed by atoms with Crippen LogP contribution < -0.4 is 10.6 Å². The fourth-order valence-corrected chi connectivity index (χ4v) is 1.92. The fraction of sp³-hybridized carbons (Fsp3) is 0.667. The van der Waals surface area contributed by atoms with Crippen LogP contribution in [0.25, 0.3) is 0 Å². The van der Waals surface area contributed by atoms with Gasteiger partial charge in [-0.05, 0) is 19.8 Å². The summed E-state index contributed by atoms with van der Waals surface area (Å²) in [7, 11) is 0. The number of carbonyl (C=O) groups is 1. The van der Waals surface area contributed by atoms with Crippen LogP contribution in [0.2, 0.25) is 0 Å². The molecule has 1 aromatic rings. The minimum Gasteiger partial charge on any atom is -0.381 e. The molecule has 2 rings (SSSR count). The zero-order valence-electron chi connectivity index (χ0n) is 10.6. The Labute approximate surface area is 106 Å². The quantitative estimate of drug-likeness (QED) is 0.792. The average molecular weight is 253 g/mol. The second-order valence-corrected chi connectivity index (χ2v) is 4.49. The molecule has 2 heterocycles. The van der Waals surface area contributed by atoms with Crippen LogP contribution in [0.5, 0.6) is 0 Å². The average Bonchev–Trinajstić information content (AvgIpc) is 2.76. The molecule has 1 aliphatic heterocycles. The summed E-state index contributed by atoms with van der Waals surface area (Å²) in [5, 5.41) is 9.79. The van der Waals surface area contributed by atoms with Gasteiger partial charge in [-0.2, -0.15) is 0 Å². The topological polar surface area (TPSA) is 76.4 Å². The zero-order valence-corrected chi connectivity index (χ0v) is 10.6. The molecule has 1 fully saturated rings. The third kappa shape index (κ3) is 4.12. The van der Waals surface area contributed by atoms with Crippen LogP contribution in [-0.4, -0.2) is 36.9 Å². The van der Waals surface area contributed by atoms with Gasteiger partial charge in [-0.3, -0.25) is 4.79 Å². The summed E-state index contributed by atoms with van der Waals surface area (Å²) in [5.74, 6) is 0.754. The Hall–Kier alpha value is -1.40. The zero-order chi connectivity index (χ0) is 12.8. The van der Waals surface area contributed by atoms with Gasteiger partial charge in [-0.1, -0.05) is 5.16 Å². The van der Waals surface area contributed by atoms with E-state index in [0.29, 0.717) is 6.54 Å². The largest absolute Gasteiger partial charge is 0.381 e. The summed E-state index contributed by atoms with van der Waals surface area (Å²) in [6, 6.07) is 2.10. The number of nitrogens with zero attached hydrogens (tertiary/aromatic N) is 1. The molecule has 0 aliphatic carbocycles. The molecule has 0 unspecified atom stereocenters. The molecular weight excluding hydrogens is 234 g/mol. The van der Waals surface area contributed by atoms with Gasteiger partial charge >= 0.3 is 0 Å². The first-order chi connectivity index (χ1) is 8.74. The summed E-state index contributed by atoms with van der Waals surface area (Å²) in [6.45, 7) is 4.13. The lowest BCUT2D eigenvalue weighted by atomic mass is 10.1. The normalized spacial score (nSPS) is 16.7. The number of ether oxygens (including phenoxy) is 1. The molecule has 0 bridgehead atoms. The van der Waals surface area contributed by atoms with E-state index in [1.165, 1.54) is 0 Å². The predicted molar refractivity (Wildman–Crippen MR) is 64.9 cm³/mol. The van der Waals surface area contributed by atoms with Gasteiger partial charge in [0, 0.05) is 25.3 Å². The van der Waals surface area contributed by atoms with E-state index in [1.54, 1.807) is 0 Å². The van der Waals surface area contributed by atoms with Crippen molar-refractivity contribution in [2.24, 2.45) is 0 Å². The number of rotatable bonds is 5. The molecule has 18 heavy (non-hydrogen) atoms. The van der Waals surface area contributed by atoms with Gasteiger partial charge in [0.2, 0.25) is 5.91 Å². The number of carbonyl (C=O) groups excluding carboxylic acids is 1. The summed E-state index contributed by atoms with van der Waals surface area (Å²) in [4.78, 5) is 11.6. The Morgan fingerprint density at radius 3 is 2.94 bits per heavy atom. The Bertz CT molecular complexity index is 386. The molecule has 2 N–H and O–H groups in total. The van der Waals surface area contributed by atoms with Crippen LogP contribution in [0.15, 0.2) is 10.6 Å². The van der Waals surface area contributed by atoms with Crippen molar-refractivity contribution < 1.29 is 14.1 Å². The lowest BCUT2D eigenvalue weighted by Gasteiger charge is -2.23. The van der Waals surface area contributed by atoms with Crippen LogP contribution in [0.3, 0.4) is 0 Å². The van der Waals surface area contributed by atoms with Crippen molar-refractivity contribution >= 4 is 5.91 Å². The summed E-state index contributed by atoms with van der Waals surface area (Å²) in [6.07, 6.45) is 1.79. The van der Waals surface area contributed by atoms with Gasteiger partial charge in [-0.15, -0.1) is 0 Å². The highest BCUT2D eigenvalue weighted by Crippen LogP contribution is 2.05. The Balaban J connectivity index is 1.62.